The maximum atomic E-state index is 11.0. The standard InChI is InChI=1S/C13H15N3O2/c14-6-1-2-7-15-8-5-10-3-4-12-11(9-10)16-13(17)18-12/h3-4,9,15H,1-2,5,7-8H2,(H,16,17). The van der Waals surface area contributed by atoms with Crippen LogP contribution in [0, 0.1) is 11.3 Å². The number of aromatic amines is 1. The molecular weight excluding hydrogens is 230 g/mol. The summed E-state index contributed by atoms with van der Waals surface area (Å²) in [6, 6.07) is 7.80. The molecule has 5 heteroatoms. The van der Waals surface area contributed by atoms with Crippen molar-refractivity contribution in [3.63, 3.8) is 0 Å². The fourth-order valence-corrected chi connectivity index (χ4v) is 1.80. The molecule has 2 aromatic rings. The molecule has 2 rings (SSSR count). The number of fused-ring (bicyclic) bond motifs is 1. The summed E-state index contributed by atoms with van der Waals surface area (Å²) < 4.78 is 4.94. The van der Waals surface area contributed by atoms with Crippen LogP contribution in [-0.4, -0.2) is 18.1 Å². The molecule has 0 fully saturated rings. The number of benzene rings is 1. The van der Waals surface area contributed by atoms with Gasteiger partial charge in [0.05, 0.1) is 11.6 Å². The first-order valence-corrected chi connectivity index (χ1v) is 5.99. The summed E-state index contributed by atoms with van der Waals surface area (Å²) in [5, 5.41) is 11.7. The molecule has 0 aliphatic heterocycles. The zero-order valence-corrected chi connectivity index (χ0v) is 10.0. The SMILES string of the molecule is N#CCCCNCCc1ccc2oc(=O)[nH]c2c1. The van der Waals surface area contributed by atoms with E-state index in [1.54, 1.807) is 6.07 Å². The average molecular weight is 245 g/mol. The van der Waals surface area contributed by atoms with E-state index in [-0.39, 0.29) is 0 Å². The molecule has 0 atom stereocenters. The minimum Gasteiger partial charge on any atom is -0.408 e. The first-order valence-electron chi connectivity index (χ1n) is 5.99. The highest BCUT2D eigenvalue weighted by molar-refractivity contribution is 5.72. The van der Waals surface area contributed by atoms with E-state index in [0.29, 0.717) is 12.0 Å². The molecule has 0 radical (unpaired) electrons. The van der Waals surface area contributed by atoms with E-state index in [1.165, 1.54) is 0 Å². The van der Waals surface area contributed by atoms with Gasteiger partial charge in [-0.2, -0.15) is 5.26 Å². The van der Waals surface area contributed by atoms with Gasteiger partial charge in [-0.3, -0.25) is 4.98 Å². The van der Waals surface area contributed by atoms with Crippen LogP contribution in [0.2, 0.25) is 0 Å². The number of H-pyrrole nitrogens is 1. The van der Waals surface area contributed by atoms with Gasteiger partial charge >= 0.3 is 5.76 Å². The molecule has 0 spiro atoms. The molecule has 1 aromatic heterocycles. The third-order valence-electron chi connectivity index (χ3n) is 2.72. The van der Waals surface area contributed by atoms with Crippen LogP contribution >= 0.6 is 0 Å². The van der Waals surface area contributed by atoms with E-state index in [4.69, 9.17) is 9.68 Å². The van der Waals surface area contributed by atoms with Crippen molar-refractivity contribution in [3.05, 3.63) is 34.3 Å². The third kappa shape index (κ3) is 3.22. The van der Waals surface area contributed by atoms with Crippen LogP contribution in [0.1, 0.15) is 18.4 Å². The van der Waals surface area contributed by atoms with Crippen molar-refractivity contribution in [2.45, 2.75) is 19.3 Å². The predicted octanol–water partition coefficient (Wildman–Crippen LogP) is 1.56. The average Bonchev–Trinajstić information content (AvgIpc) is 2.73. The second-order valence-electron chi connectivity index (χ2n) is 4.11. The van der Waals surface area contributed by atoms with Crippen molar-refractivity contribution in [1.29, 1.82) is 5.26 Å². The van der Waals surface area contributed by atoms with Gasteiger partial charge in [-0.1, -0.05) is 6.07 Å². The Labute approximate surface area is 104 Å². The Bertz CT molecular complexity index is 606. The number of oxazole rings is 1. The van der Waals surface area contributed by atoms with Gasteiger partial charge in [-0.15, -0.1) is 0 Å². The van der Waals surface area contributed by atoms with Crippen LogP contribution < -0.4 is 11.1 Å². The number of nitrogens with one attached hydrogen (secondary N) is 2. The molecule has 0 aliphatic rings. The van der Waals surface area contributed by atoms with Gasteiger partial charge in [0, 0.05) is 6.42 Å². The molecule has 0 unspecified atom stereocenters. The largest absolute Gasteiger partial charge is 0.417 e. The Morgan fingerprint density at radius 3 is 3.11 bits per heavy atom. The molecule has 0 bridgehead atoms. The lowest BCUT2D eigenvalue weighted by molar-refractivity contribution is 0.555. The highest BCUT2D eigenvalue weighted by Crippen LogP contribution is 2.12. The van der Waals surface area contributed by atoms with Gasteiger partial charge in [0.15, 0.2) is 5.58 Å². The van der Waals surface area contributed by atoms with Crippen LogP contribution in [0.25, 0.3) is 11.1 Å². The second-order valence-corrected chi connectivity index (χ2v) is 4.11. The number of hydrogen-bond donors (Lipinski definition) is 2. The van der Waals surface area contributed by atoms with Crippen LogP contribution in [0.15, 0.2) is 27.4 Å². The van der Waals surface area contributed by atoms with Crippen molar-refractivity contribution in [1.82, 2.24) is 10.3 Å². The van der Waals surface area contributed by atoms with Crippen molar-refractivity contribution >= 4 is 11.1 Å². The van der Waals surface area contributed by atoms with Crippen molar-refractivity contribution < 1.29 is 4.42 Å². The molecule has 94 valence electrons. The molecule has 5 nitrogen and oxygen atoms in total. The number of rotatable bonds is 6. The zero-order valence-electron chi connectivity index (χ0n) is 10.0. The smallest absolute Gasteiger partial charge is 0.408 e. The minimum atomic E-state index is -0.420. The van der Waals surface area contributed by atoms with E-state index in [1.807, 2.05) is 12.1 Å². The molecule has 18 heavy (non-hydrogen) atoms. The summed E-state index contributed by atoms with van der Waals surface area (Å²) in [5.74, 6) is -0.420. The lowest BCUT2D eigenvalue weighted by Gasteiger charge is -2.03. The Morgan fingerprint density at radius 1 is 1.39 bits per heavy atom. The maximum Gasteiger partial charge on any atom is 0.417 e. The third-order valence-corrected chi connectivity index (χ3v) is 2.72. The Morgan fingerprint density at radius 2 is 2.28 bits per heavy atom. The fourth-order valence-electron chi connectivity index (χ4n) is 1.80. The van der Waals surface area contributed by atoms with Crippen molar-refractivity contribution in [3.8, 4) is 6.07 Å². The number of hydrogen-bond acceptors (Lipinski definition) is 4. The van der Waals surface area contributed by atoms with Gasteiger partial charge in [0.25, 0.3) is 0 Å². The molecule has 1 heterocycles. The van der Waals surface area contributed by atoms with Crippen LogP contribution in [0.4, 0.5) is 0 Å². The monoisotopic (exact) mass is 245 g/mol. The van der Waals surface area contributed by atoms with Crippen LogP contribution in [-0.2, 0) is 6.42 Å². The van der Waals surface area contributed by atoms with E-state index < -0.39 is 5.76 Å². The number of aromatic nitrogens is 1. The maximum absolute atomic E-state index is 11.0. The van der Waals surface area contributed by atoms with E-state index >= 15 is 0 Å². The Hall–Kier alpha value is -2.06. The topological polar surface area (TPSA) is 81.8 Å². The summed E-state index contributed by atoms with van der Waals surface area (Å²) in [6.45, 7) is 1.72. The number of nitriles is 1. The van der Waals surface area contributed by atoms with Gasteiger partial charge in [0.1, 0.15) is 0 Å². The van der Waals surface area contributed by atoms with E-state index in [9.17, 15) is 4.79 Å². The lowest BCUT2D eigenvalue weighted by atomic mass is 10.1. The van der Waals surface area contributed by atoms with Crippen molar-refractivity contribution in [2.24, 2.45) is 0 Å². The Balaban J connectivity index is 1.84. The van der Waals surface area contributed by atoms with Crippen LogP contribution in [0.5, 0.6) is 0 Å². The number of unbranched alkanes of at least 4 members (excludes halogenated alkanes) is 1. The van der Waals surface area contributed by atoms with E-state index in [0.717, 1.165) is 37.0 Å². The highest BCUT2D eigenvalue weighted by atomic mass is 16.4. The summed E-state index contributed by atoms with van der Waals surface area (Å²) in [6.07, 6.45) is 2.36. The van der Waals surface area contributed by atoms with Crippen LogP contribution in [0.3, 0.4) is 0 Å². The molecule has 0 amide bonds. The van der Waals surface area contributed by atoms with Crippen molar-refractivity contribution in [2.75, 3.05) is 13.1 Å². The fraction of sp³-hybridized carbons (Fsp3) is 0.385. The first-order chi connectivity index (χ1) is 8.79. The zero-order chi connectivity index (χ0) is 12.8. The van der Waals surface area contributed by atoms with Gasteiger partial charge in [0.2, 0.25) is 0 Å². The molecular formula is C13H15N3O2. The molecule has 0 saturated heterocycles. The molecule has 1 aromatic carbocycles. The quantitative estimate of drug-likeness (QED) is 0.756. The summed E-state index contributed by atoms with van der Waals surface area (Å²) in [7, 11) is 0. The molecule has 0 saturated carbocycles. The van der Waals surface area contributed by atoms with Gasteiger partial charge < -0.3 is 9.73 Å². The Kier molecular flexibility index (Phi) is 4.15. The summed E-state index contributed by atoms with van der Waals surface area (Å²) in [5.41, 5.74) is 2.47. The predicted molar refractivity (Wildman–Crippen MR) is 68.3 cm³/mol. The molecule has 2 N–H and O–H groups in total. The first kappa shape index (κ1) is 12.4. The minimum absolute atomic E-state index is 0.420. The summed E-state index contributed by atoms with van der Waals surface area (Å²) >= 11 is 0. The normalized spacial score (nSPS) is 10.6. The molecule has 0 aliphatic carbocycles. The van der Waals surface area contributed by atoms with E-state index in [2.05, 4.69) is 16.4 Å². The van der Waals surface area contributed by atoms with Gasteiger partial charge in [-0.25, -0.2) is 4.79 Å². The summed E-state index contributed by atoms with van der Waals surface area (Å²) in [4.78, 5) is 13.6. The highest BCUT2D eigenvalue weighted by Gasteiger charge is 2.01. The van der Waals surface area contributed by atoms with Gasteiger partial charge in [-0.05, 0) is 43.6 Å². The lowest BCUT2D eigenvalue weighted by Crippen LogP contribution is -2.18. The second kappa shape index (κ2) is 6.03. The number of nitrogens with zero attached hydrogens (tertiary/aromatic N) is 1.